The molecule has 7 rings (SSSR count). The van der Waals surface area contributed by atoms with E-state index in [1.165, 1.54) is 23.7 Å². The Bertz CT molecular complexity index is 1660. The van der Waals surface area contributed by atoms with E-state index in [0.717, 1.165) is 44.6 Å². The van der Waals surface area contributed by atoms with Gasteiger partial charge in [-0.05, 0) is 66.7 Å². The molecule has 2 aromatic heterocycles. The lowest BCUT2D eigenvalue weighted by atomic mass is 9.74. The van der Waals surface area contributed by atoms with Gasteiger partial charge in [0.15, 0.2) is 5.84 Å². The standard InChI is InChI=1S/C28H25FN6O2S/c1-17-14-34(16-31-17)23-8-3-18(22-13-32-38-24(22)23)11-19-12-28(9-10-30-26(28)36)15-35-25(19)33-37-27(35,2)20-4-6-21(29)7-5-20/h3-8,11,13-14,16H,9-10,12,15H2,1-2H3,(H,30,36)/b19-11+. The number of nitrogens with zero attached hydrogens (tertiary/aromatic N) is 5. The molecule has 0 saturated carbocycles. The van der Waals surface area contributed by atoms with Crippen LogP contribution in [0.15, 0.2) is 65.8 Å². The molecule has 0 bridgehead atoms. The van der Waals surface area contributed by atoms with Gasteiger partial charge < -0.3 is 19.6 Å². The topological polar surface area (TPSA) is 84.6 Å². The van der Waals surface area contributed by atoms with Crippen LogP contribution < -0.4 is 5.32 Å². The highest BCUT2D eigenvalue weighted by Crippen LogP contribution is 2.48. The fourth-order valence-electron chi connectivity index (χ4n) is 5.85. The lowest BCUT2D eigenvalue weighted by Crippen LogP contribution is -2.55. The predicted molar refractivity (Wildman–Crippen MR) is 143 cm³/mol. The first-order valence-corrected chi connectivity index (χ1v) is 13.3. The number of hydrogen-bond donors (Lipinski definition) is 1. The molecule has 2 unspecified atom stereocenters. The zero-order valence-corrected chi connectivity index (χ0v) is 21.8. The number of oxime groups is 1. The Morgan fingerprint density at radius 1 is 1.21 bits per heavy atom. The highest BCUT2D eigenvalue weighted by molar-refractivity contribution is 7.13. The van der Waals surface area contributed by atoms with Crippen molar-refractivity contribution in [3.63, 3.8) is 0 Å². The normalized spacial score (nSPS) is 25.7. The van der Waals surface area contributed by atoms with Gasteiger partial charge in [0.05, 0.1) is 27.8 Å². The first kappa shape index (κ1) is 23.1. The summed E-state index contributed by atoms with van der Waals surface area (Å²) in [5.41, 5.74) is 3.11. The molecular formula is C28H25FN6O2S. The van der Waals surface area contributed by atoms with Gasteiger partial charge in [0.1, 0.15) is 5.82 Å². The smallest absolute Gasteiger partial charge is 0.234 e. The van der Waals surface area contributed by atoms with E-state index in [1.54, 1.807) is 12.1 Å². The Morgan fingerprint density at radius 3 is 2.79 bits per heavy atom. The Labute approximate surface area is 222 Å². The monoisotopic (exact) mass is 528 g/mol. The number of carbonyl (C=O) groups excluding carboxylic acids is 1. The highest BCUT2D eigenvalue weighted by Gasteiger charge is 2.56. The van der Waals surface area contributed by atoms with Gasteiger partial charge in [0.2, 0.25) is 11.6 Å². The van der Waals surface area contributed by atoms with Crippen molar-refractivity contribution in [2.45, 2.75) is 32.4 Å². The fourth-order valence-corrected chi connectivity index (χ4v) is 6.65. The third-order valence-electron chi connectivity index (χ3n) is 7.96. The number of halogens is 1. The van der Waals surface area contributed by atoms with E-state index in [4.69, 9.17) is 4.84 Å². The van der Waals surface area contributed by atoms with Crippen molar-refractivity contribution in [1.82, 2.24) is 24.1 Å². The molecule has 10 heteroatoms. The van der Waals surface area contributed by atoms with Crippen LogP contribution in [0, 0.1) is 18.2 Å². The summed E-state index contributed by atoms with van der Waals surface area (Å²) in [7, 11) is 0. The minimum Gasteiger partial charge on any atom is -0.360 e. The van der Waals surface area contributed by atoms with Crippen LogP contribution in [0.2, 0.25) is 0 Å². The molecule has 0 aliphatic carbocycles. The fraction of sp³-hybridized carbons (Fsp3) is 0.286. The van der Waals surface area contributed by atoms with Gasteiger partial charge in [-0.25, -0.2) is 9.37 Å². The minimum atomic E-state index is -0.958. The van der Waals surface area contributed by atoms with Gasteiger partial charge in [0, 0.05) is 43.4 Å². The van der Waals surface area contributed by atoms with Gasteiger partial charge in [-0.2, -0.15) is 4.37 Å². The number of aromatic nitrogens is 3. The van der Waals surface area contributed by atoms with Crippen molar-refractivity contribution in [2.75, 3.05) is 13.1 Å². The number of benzene rings is 2. The Morgan fingerprint density at radius 2 is 2.05 bits per heavy atom. The van der Waals surface area contributed by atoms with E-state index in [1.807, 2.05) is 37.1 Å². The number of hydrogen-bond acceptors (Lipinski definition) is 7. The number of fused-ring (bicyclic) bond motifs is 2. The number of carbonyl (C=O) groups is 1. The third-order valence-corrected chi connectivity index (χ3v) is 8.78. The van der Waals surface area contributed by atoms with Crippen molar-refractivity contribution in [3.05, 3.63) is 83.3 Å². The molecular weight excluding hydrogens is 503 g/mol. The molecule has 0 radical (unpaired) electrons. The number of aryl methyl sites for hydroxylation is 1. The highest BCUT2D eigenvalue weighted by atomic mass is 32.1. The van der Waals surface area contributed by atoms with E-state index in [0.29, 0.717) is 25.3 Å². The lowest BCUT2D eigenvalue weighted by Gasteiger charge is -2.44. The summed E-state index contributed by atoms with van der Waals surface area (Å²) in [4.78, 5) is 25.7. The number of imidazole rings is 1. The van der Waals surface area contributed by atoms with E-state index < -0.39 is 11.1 Å². The van der Waals surface area contributed by atoms with Gasteiger partial charge in [0.25, 0.3) is 0 Å². The second kappa shape index (κ2) is 8.22. The molecule has 38 heavy (non-hydrogen) atoms. The molecule has 2 aromatic carbocycles. The van der Waals surface area contributed by atoms with Crippen molar-refractivity contribution >= 4 is 39.4 Å². The number of piperidine rings is 1. The van der Waals surface area contributed by atoms with Crippen molar-refractivity contribution < 1.29 is 14.0 Å². The van der Waals surface area contributed by atoms with E-state index in [9.17, 15) is 9.18 Å². The summed E-state index contributed by atoms with van der Waals surface area (Å²) in [5.74, 6) is 0.432. The number of rotatable bonds is 3. The number of nitrogens with one attached hydrogen (secondary N) is 1. The molecule has 5 heterocycles. The van der Waals surface area contributed by atoms with Crippen LogP contribution in [0.4, 0.5) is 4.39 Å². The van der Waals surface area contributed by atoms with Crippen LogP contribution >= 0.6 is 11.5 Å². The summed E-state index contributed by atoms with van der Waals surface area (Å²) in [5, 5.41) is 8.58. The number of amidine groups is 1. The average molecular weight is 529 g/mol. The molecule has 1 amide bonds. The van der Waals surface area contributed by atoms with Gasteiger partial charge in [-0.15, -0.1) is 0 Å². The zero-order chi connectivity index (χ0) is 26.1. The van der Waals surface area contributed by atoms with Crippen LogP contribution in [0.5, 0.6) is 0 Å². The average Bonchev–Trinajstić information content (AvgIpc) is 3.69. The second-order valence-corrected chi connectivity index (χ2v) is 11.2. The SMILES string of the molecule is Cc1cn(-c2ccc(/C=C3\CC4(CCNC4=O)CN4C3=NOC4(C)c3ccc(F)cc3)c3cnsc23)cn1. The van der Waals surface area contributed by atoms with Crippen LogP contribution in [-0.4, -0.2) is 43.7 Å². The molecule has 8 nitrogen and oxygen atoms in total. The maximum Gasteiger partial charge on any atom is 0.234 e. The van der Waals surface area contributed by atoms with Gasteiger partial charge in [-0.3, -0.25) is 4.79 Å². The Kier molecular flexibility index (Phi) is 5.00. The van der Waals surface area contributed by atoms with Crippen molar-refractivity contribution in [3.8, 4) is 5.69 Å². The summed E-state index contributed by atoms with van der Waals surface area (Å²) in [6, 6.07) is 10.4. The molecule has 192 valence electrons. The molecule has 4 aromatic rings. The quantitative estimate of drug-likeness (QED) is 0.415. The predicted octanol–water partition coefficient (Wildman–Crippen LogP) is 4.74. The van der Waals surface area contributed by atoms with E-state index in [-0.39, 0.29) is 11.7 Å². The molecule has 3 aliphatic heterocycles. The maximum absolute atomic E-state index is 13.7. The lowest BCUT2D eigenvalue weighted by molar-refractivity contribution is -0.134. The molecule has 2 fully saturated rings. The van der Waals surface area contributed by atoms with Crippen molar-refractivity contribution in [1.29, 1.82) is 0 Å². The third kappa shape index (κ3) is 3.39. The van der Waals surface area contributed by atoms with Gasteiger partial charge >= 0.3 is 0 Å². The summed E-state index contributed by atoms with van der Waals surface area (Å²) in [6.07, 6.45) is 9.07. The Hall–Kier alpha value is -4.05. The van der Waals surface area contributed by atoms with Crippen LogP contribution in [0.1, 0.15) is 36.6 Å². The van der Waals surface area contributed by atoms with E-state index >= 15 is 0 Å². The van der Waals surface area contributed by atoms with E-state index in [2.05, 4.69) is 42.9 Å². The zero-order valence-electron chi connectivity index (χ0n) is 20.9. The molecule has 1 N–H and O–H groups in total. The molecule has 2 saturated heterocycles. The van der Waals surface area contributed by atoms with Gasteiger partial charge in [-0.1, -0.05) is 23.4 Å². The number of amides is 1. The maximum atomic E-state index is 13.7. The summed E-state index contributed by atoms with van der Waals surface area (Å²) < 4.78 is 21.3. The summed E-state index contributed by atoms with van der Waals surface area (Å²) >= 11 is 1.44. The first-order chi connectivity index (χ1) is 18.4. The van der Waals surface area contributed by atoms with Crippen molar-refractivity contribution in [2.24, 2.45) is 10.6 Å². The molecule has 3 aliphatic rings. The minimum absolute atomic E-state index is 0.0454. The van der Waals surface area contributed by atoms with Crippen LogP contribution in [0.25, 0.3) is 21.8 Å². The molecule has 2 atom stereocenters. The first-order valence-electron chi connectivity index (χ1n) is 12.5. The summed E-state index contributed by atoms with van der Waals surface area (Å²) in [6.45, 7) is 4.99. The Balaban J connectivity index is 1.34. The second-order valence-electron chi connectivity index (χ2n) is 10.4. The molecule has 1 spiro atoms. The van der Waals surface area contributed by atoms with Crippen LogP contribution in [-0.2, 0) is 15.4 Å². The largest absolute Gasteiger partial charge is 0.360 e. The van der Waals surface area contributed by atoms with Crippen LogP contribution in [0.3, 0.4) is 0 Å².